The van der Waals surface area contributed by atoms with Crippen LogP contribution in [0, 0.1) is 11.8 Å². The van der Waals surface area contributed by atoms with Gasteiger partial charge in [-0.25, -0.2) is 0 Å². The van der Waals surface area contributed by atoms with E-state index in [1.165, 1.54) is 38.8 Å². The van der Waals surface area contributed by atoms with Crippen molar-refractivity contribution >= 4 is 35.8 Å². The molecule has 0 radical (unpaired) electrons. The first-order valence-electron chi connectivity index (χ1n) is 10.1. The van der Waals surface area contributed by atoms with Gasteiger partial charge in [0, 0.05) is 38.6 Å². The molecule has 1 atom stereocenters. The number of hydrogen-bond donors (Lipinski definition) is 2. The molecule has 2 aliphatic heterocycles. The summed E-state index contributed by atoms with van der Waals surface area (Å²) in [7, 11) is 4.03. The highest BCUT2D eigenvalue weighted by Crippen LogP contribution is 2.27. The Bertz CT molecular complexity index is 473. The molecule has 0 aromatic carbocycles. The van der Waals surface area contributed by atoms with Crippen LogP contribution in [0.3, 0.4) is 0 Å². The SMILES string of the molecule is CN=C(NCC1CCN(C)CC1)NC1CCN(C(=O)C2CCCC2)C1.I. The Hall–Kier alpha value is -0.570. The van der Waals surface area contributed by atoms with E-state index in [0.717, 1.165) is 50.8 Å². The lowest BCUT2D eigenvalue weighted by molar-refractivity contribution is -0.134. The minimum atomic E-state index is 0. The number of guanidine groups is 1. The Balaban J connectivity index is 0.00000243. The van der Waals surface area contributed by atoms with Crippen molar-refractivity contribution in [2.24, 2.45) is 16.8 Å². The molecule has 1 unspecified atom stereocenters. The van der Waals surface area contributed by atoms with Crippen LogP contribution in [0.25, 0.3) is 0 Å². The molecule has 3 aliphatic rings. The van der Waals surface area contributed by atoms with Crippen LogP contribution >= 0.6 is 24.0 Å². The molecule has 26 heavy (non-hydrogen) atoms. The number of nitrogens with one attached hydrogen (secondary N) is 2. The van der Waals surface area contributed by atoms with Crippen LogP contribution in [-0.4, -0.2) is 74.5 Å². The standard InChI is InChI=1S/C19H35N5O.HI/c1-20-19(21-13-15-7-10-23(2)11-8-15)22-17-9-12-24(14-17)18(25)16-5-3-4-6-16;/h15-17H,3-14H2,1-2H3,(H2,20,21,22);1H. The Morgan fingerprint density at radius 1 is 1.08 bits per heavy atom. The molecule has 3 fully saturated rings. The van der Waals surface area contributed by atoms with Gasteiger partial charge in [0.15, 0.2) is 5.96 Å². The lowest BCUT2D eigenvalue weighted by Gasteiger charge is -2.29. The van der Waals surface area contributed by atoms with E-state index >= 15 is 0 Å². The summed E-state index contributed by atoms with van der Waals surface area (Å²) in [6.45, 7) is 5.09. The molecule has 3 rings (SSSR count). The molecule has 1 amide bonds. The lowest BCUT2D eigenvalue weighted by Crippen LogP contribution is -2.47. The number of rotatable bonds is 4. The summed E-state index contributed by atoms with van der Waals surface area (Å²) < 4.78 is 0. The van der Waals surface area contributed by atoms with Crippen molar-refractivity contribution in [3.05, 3.63) is 0 Å². The van der Waals surface area contributed by atoms with E-state index in [0.29, 0.717) is 17.9 Å². The van der Waals surface area contributed by atoms with E-state index in [2.05, 4.69) is 32.5 Å². The second-order valence-electron chi connectivity index (χ2n) is 8.10. The number of halogens is 1. The number of likely N-dealkylation sites (tertiary alicyclic amines) is 2. The van der Waals surface area contributed by atoms with Crippen molar-refractivity contribution in [1.29, 1.82) is 0 Å². The molecular formula is C19H36IN5O. The van der Waals surface area contributed by atoms with Gasteiger partial charge >= 0.3 is 0 Å². The maximum absolute atomic E-state index is 12.6. The van der Waals surface area contributed by atoms with Gasteiger partial charge in [-0.15, -0.1) is 24.0 Å². The molecule has 6 nitrogen and oxygen atoms in total. The third-order valence-corrected chi connectivity index (χ3v) is 6.17. The van der Waals surface area contributed by atoms with Crippen molar-refractivity contribution in [2.45, 2.75) is 51.0 Å². The van der Waals surface area contributed by atoms with E-state index in [-0.39, 0.29) is 24.0 Å². The number of carbonyl (C=O) groups excluding carboxylic acids is 1. The topological polar surface area (TPSA) is 60.0 Å². The minimum absolute atomic E-state index is 0. The van der Waals surface area contributed by atoms with Crippen LogP contribution in [0.5, 0.6) is 0 Å². The van der Waals surface area contributed by atoms with Gasteiger partial charge in [-0.3, -0.25) is 9.79 Å². The average Bonchev–Trinajstić information content (AvgIpc) is 3.31. The summed E-state index contributed by atoms with van der Waals surface area (Å²) >= 11 is 0. The molecule has 0 aromatic rings. The van der Waals surface area contributed by atoms with Crippen LogP contribution in [0.2, 0.25) is 0 Å². The van der Waals surface area contributed by atoms with Crippen LogP contribution in [0.4, 0.5) is 0 Å². The first kappa shape index (κ1) is 21.7. The van der Waals surface area contributed by atoms with Crippen LogP contribution < -0.4 is 10.6 Å². The lowest BCUT2D eigenvalue weighted by atomic mass is 9.97. The molecule has 0 bridgehead atoms. The fourth-order valence-electron chi connectivity index (χ4n) is 4.40. The minimum Gasteiger partial charge on any atom is -0.356 e. The summed E-state index contributed by atoms with van der Waals surface area (Å²) in [6, 6.07) is 0.328. The molecule has 2 heterocycles. The molecule has 2 N–H and O–H groups in total. The van der Waals surface area contributed by atoms with E-state index in [9.17, 15) is 4.79 Å². The molecule has 2 saturated heterocycles. The Labute approximate surface area is 175 Å². The normalized spacial score (nSPS) is 26.0. The smallest absolute Gasteiger partial charge is 0.225 e. The molecule has 0 spiro atoms. The maximum Gasteiger partial charge on any atom is 0.225 e. The Kier molecular flexibility index (Phi) is 8.93. The number of carbonyl (C=O) groups is 1. The quantitative estimate of drug-likeness (QED) is 0.369. The molecule has 7 heteroatoms. The molecule has 0 aromatic heterocycles. The monoisotopic (exact) mass is 477 g/mol. The molecule has 1 aliphatic carbocycles. The van der Waals surface area contributed by atoms with Crippen LogP contribution in [0.15, 0.2) is 4.99 Å². The van der Waals surface area contributed by atoms with Crippen molar-refractivity contribution in [3.8, 4) is 0 Å². The van der Waals surface area contributed by atoms with Gasteiger partial charge in [-0.05, 0) is 58.2 Å². The molecular weight excluding hydrogens is 441 g/mol. The molecule has 150 valence electrons. The zero-order valence-electron chi connectivity index (χ0n) is 16.4. The number of amides is 1. The van der Waals surface area contributed by atoms with E-state index < -0.39 is 0 Å². The first-order chi connectivity index (χ1) is 12.2. The highest BCUT2D eigenvalue weighted by molar-refractivity contribution is 14.0. The zero-order chi connectivity index (χ0) is 17.6. The Morgan fingerprint density at radius 2 is 1.77 bits per heavy atom. The second-order valence-corrected chi connectivity index (χ2v) is 8.10. The summed E-state index contributed by atoms with van der Waals surface area (Å²) in [5, 5.41) is 7.02. The third-order valence-electron chi connectivity index (χ3n) is 6.17. The summed E-state index contributed by atoms with van der Waals surface area (Å²) in [4.78, 5) is 21.4. The first-order valence-corrected chi connectivity index (χ1v) is 10.1. The van der Waals surface area contributed by atoms with Crippen LogP contribution in [0.1, 0.15) is 44.9 Å². The second kappa shape index (κ2) is 10.7. The van der Waals surface area contributed by atoms with Gasteiger partial charge in [0.2, 0.25) is 5.91 Å². The largest absolute Gasteiger partial charge is 0.356 e. The molecule has 1 saturated carbocycles. The fourth-order valence-corrected chi connectivity index (χ4v) is 4.40. The third kappa shape index (κ3) is 5.97. The van der Waals surface area contributed by atoms with Crippen molar-refractivity contribution < 1.29 is 4.79 Å². The maximum atomic E-state index is 12.6. The fraction of sp³-hybridized carbons (Fsp3) is 0.895. The van der Waals surface area contributed by atoms with Gasteiger partial charge in [0.1, 0.15) is 0 Å². The number of nitrogens with zero attached hydrogens (tertiary/aromatic N) is 3. The van der Waals surface area contributed by atoms with Gasteiger partial charge < -0.3 is 20.4 Å². The van der Waals surface area contributed by atoms with E-state index in [4.69, 9.17) is 0 Å². The predicted octanol–water partition coefficient (Wildman–Crippen LogP) is 1.90. The van der Waals surface area contributed by atoms with E-state index in [1.807, 2.05) is 7.05 Å². The number of aliphatic imine (C=N–C) groups is 1. The van der Waals surface area contributed by atoms with Gasteiger partial charge in [-0.2, -0.15) is 0 Å². The number of piperidine rings is 1. The highest BCUT2D eigenvalue weighted by atomic mass is 127. The highest BCUT2D eigenvalue weighted by Gasteiger charge is 2.32. The predicted molar refractivity (Wildman–Crippen MR) is 117 cm³/mol. The van der Waals surface area contributed by atoms with Crippen molar-refractivity contribution in [2.75, 3.05) is 46.8 Å². The summed E-state index contributed by atoms with van der Waals surface area (Å²) in [6.07, 6.45) is 8.16. The van der Waals surface area contributed by atoms with Gasteiger partial charge in [0.25, 0.3) is 0 Å². The van der Waals surface area contributed by atoms with Gasteiger partial charge in [0.05, 0.1) is 0 Å². The van der Waals surface area contributed by atoms with Crippen LogP contribution in [-0.2, 0) is 4.79 Å². The zero-order valence-corrected chi connectivity index (χ0v) is 18.7. The number of hydrogen-bond acceptors (Lipinski definition) is 3. The van der Waals surface area contributed by atoms with Crippen molar-refractivity contribution in [3.63, 3.8) is 0 Å². The summed E-state index contributed by atoms with van der Waals surface area (Å²) in [5.41, 5.74) is 0. The van der Waals surface area contributed by atoms with E-state index in [1.54, 1.807) is 0 Å². The summed E-state index contributed by atoms with van der Waals surface area (Å²) in [5.74, 6) is 2.30. The Morgan fingerprint density at radius 3 is 2.42 bits per heavy atom. The van der Waals surface area contributed by atoms with Gasteiger partial charge in [-0.1, -0.05) is 12.8 Å². The average molecular weight is 477 g/mol. The van der Waals surface area contributed by atoms with Crippen molar-refractivity contribution in [1.82, 2.24) is 20.4 Å².